The molecule has 0 aliphatic heterocycles. The molecule has 0 unspecified atom stereocenters. The van der Waals surface area contributed by atoms with Gasteiger partial charge in [0.25, 0.3) is 0 Å². The lowest BCUT2D eigenvalue weighted by molar-refractivity contribution is -0.118. The number of amides is 1. The molecule has 0 radical (unpaired) electrons. The summed E-state index contributed by atoms with van der Waals surface area (Å²) < 4.78 is 32.7. The molecular weight excluding hydrogens is 328 g/mol. The highest BCUT2D eigenvalue weighted by Crippen LogP contribution is 2.19. The van der Waals surface area contributed by atoms with Gasteiger partial charge in [0.05, 0.1) is 0 Å². The van der Waals surface area contributed by atoms with Crippen LogP contribution in [0.15, 0.2) is 36.4 Å². The van der Waals surface area contributed by atoms with Gasteiger partial charge < -0.3 is 10.1 Å². The number of hydrogen-bond acceptors (Lipinski definition) is 3. The number of rotatable bonds is 7. The van der Waals surface area contributed by atoms with Gasteiger partial charge >= 0.3 is 0 Å². The van der Waals surface area contributed by atoms with Gasteiger partial charge in [-0.05, 0) is 54.8 Å². The van der Waals surface area contributed by atoms with E-state index >= 15 is 0 Å². The number of ketones is 1. The summed E-state index contributed by atoms with van der Waals surface area (Å²) in [5, 5.41) is 2.57. The Kier molecular flexibility index (Phi) is 6.22. The zero-order valence-electron chi connectivity index (χ0n) is 14.1. The molecule has 132 valence electrons. The lowest BCUT2D eigenvalue weighted by Crippen LogP contribution is -2.22. The Hall–Kier alpha value is -2.76. The summed E-state index contributed by atoms with van der Waals surface area (Å²) in [5.41, 5.74) is 1.40. The summed E-state index contributed by atoms with van der Waals surface area (Å²) in [4.78, 5) is 23.1. The average Bonchev–Trinajstić information content (AvgIpc) is 2.56. The first kappa shape index (κ1) is 18.6. The van der Waals surface area contributed by atoms with Crippen LogP contribution in [0.3, 0.4) is 0 Å². The maximum atomic E-state index is 13.8. The number of benzene rings is 2. The average molecular weight is 347 g/mol. The van der Waals surface area contributed by atoms with Gasteiger partial charge in [0.1, 0.15) is 5.82 Å². The fraction of sp³-hybridized carbons (Fsp3) is 0.263. The Morgan fingerprint density at radius 2 is 1.80 bits per heavy atom. The second kappa shape index (κ2) is 8.37. The maximum absolute atomic E-state index is 13.8. The Labute approximate surface area is 144 Å². The summed E-state index contributed by atoms with van der Waals surface area (Å²) in [5.74, 6) is -1.59. The fourth-order valence-corrected chi connectivity index (χ4v) is 2.26. The minimum absolute atomic E-state index is 0.00124. The van der Waals surface area contributed by atoms with Gasteiger partial charge in [-0.2, -0.15) is 0 Å². The molecule has 0 spiro atoms. The molecule has 2 aromatic rings. The van der Waals surface area contributed by atoms with Crippen LogP contribution in [0.2, 0.25) is 0 Å². The van der Waals surface area contributed by atoms with Crippen LogP contribution in [0, 0.1) is 18.6 Å². The summed E-state index contributed by atoms with van der Waals surface area (Å²) in [7, 11) is 0. The highest BCUT2D eigenvalue weighted by atomic mass is 19.1. The normalized spacial score (nSPS) is 10.4. The second-order valence-electron chi connectivity index (χ2n) is 5.68. The van der Waals surface area contributed by atoms with Crippen LogP contribution in [-0.4, -0.2) is 24.8 Å². The molecule has 0 bridgehead atoms. The molecule has 2 rings (SSSR count). The third kappa shape index (κ3) is 5.38. The Morgan fingerprint density at radius 3 is 2.52 bits per heavy atom. The Balaban J connectivity index is 2.03. The van der Waals surface area contributed by atoms with Crippen LogP contribution in [0.5, 0.6) is 5.75 Å². The van der Waals surface area contributed by atoms with Gasteiger partial charge in [-0.15, -0.1) is 0 Å². The maximum Gasteiger partial charge on any atom is 0.216 e. The molecule has 6 heteroatoms. The molecule has 4 nitrogen and oxygen atoms in total. The van der Waals surface area contributed by atoms with Crippen LogP contribution in [-0.2, 0) is 11.2 Å². The minimum atomic E-state index is -0.548. The predicted octanol–water partition coefficient (Wildman–Crippen LogP) is 3.21. The molecule has 0 atom stereocenters. The van der Waals surface area contributed by atoms with Gasteiger partial charge in [-0.3, -0.25) is 9.59 Å². The van der Waals surface area contributed by atoms with Crippen molar-refractivity contribution in [2.45, 2.75) is 20.3 Å². The molecule has 1 N–H and O–H groups in total. The molecule has 1 amide bonds. The SMILES string of the molecule is CC(=O)NCCc1cc(C(=O)COc2cc(C)ccc2F)ccc1F. The third-order valence-electron chi connectivity index (χ3n) is 3.58. The van der Waals surface area contributed by atoms with E-state index in [1.54, 1.807) is 13.0 Å². The molecule has 25 heavy (non-hydrogen) atoms. The van der Waals surface area contributed by atoms with Gasteiger partial charge in [-0.1, -0.05) is 6.07 Å². The van der Waals surface area contributed by atoms with Gasteiger partial charge in [0, 0.05) is 19.0 Å². The van der Waals surface area contributed by atoms with Crippen molar-refractivity contribution in [1.29, 1.82) is 0 Å². The van der Waals surface area contributed by atoms with Crippen molar-refractivity contribution in [3.05, 3.63) is 64.7 Å². The first-order valence-electron chi connectivity index (χ1n) is 7.82. The van der Waals surface area contributed by atoms with E-state index in [-0.39, 0.29) is 42.6 Å². The topological polar surface area (TPSA) is 55.4 Å². The highest BCUT2D eigenvalue weighted by molar-refractivity contribution is 5.97. The first-order chi connectivity index (χ1) is 11.9. The second-order valence-corrected chi connectivity index (χ2v) is 5.68. The van der Waals surface area contributed by atoms with Gasteiger partial charge in [-0.25, -0.2) is 8.78 Å². The number of hydrogen-bond donors (Lipinski definition) is 1. The van der Waals surface area contributed by atoms with Crippen molar-refractivity contribution >= 4 is 11.7 Å². The van der Waals surface area contributed by atoms with E-state index in [1.165, 1.54) is 37.3 Å². The molecule has 0 saturated heterocycles. The minimum Gasteiger partial charge on any atom is -0.482 e. The lowest BCUT2D eigenvalue weighted by atomic mass is 10.0. The lowest BCUT2D eigenvalue weighted by Gasteiger charge is -2.09. The number of carbonyl (C=O) groups excluding carboxylic acids is 2. The van der Waals surface area contributed by atoms with E-state index < -0.39 is 11.6 Å². The molecule has 0 aliphatic carbocycles. The highest BCUT2D eigenvalue weighted by Gasteiger charge is 2.12. The number of Topliss-reactive ketones (excluding diaryl/α,β-unsaturated/α-hetero) is 1. The number of ether oxygens (including phenoxy) is 1. The van der Waals surface area contributed by atoms with Crippen LogP contribution in [0.1, 0.15) is 28.4 Å². The summed E-state index contributed by atoms with van der Waals surface area (Å²) in [6.45, 7) is 3.08. The Morgan fingerprint density at radius 1 is 1.08 bits per heavy atom. The van der Waals surface area contributed by atoms with E-state index in [2.05, 4.69) is 5.32 Å². The van der Waals surface area contributed by atoms with Gasteiger partial charge in [0.15, 0.2) is 24.0 Å². The standard InChI is InChI=1S/C19H19F2NO3/c1-12-3-5-17(21)19(9-12)25-11-18(24)15-4-6-16(20)14(10-15)7-8-22-13(2)23/h3-6,9-10H,7-8,11H2,1-2H3,(H,22,23). The van der Waals surface area contributed by atoms with Crippen molar-refractivity contribution in [3.8, 4) is 5.75 Å². The largest absolute Gasteiger partial charge is 0.482 e. The summed E-state index contributed by atoms with van der Waals surface area (Å²) >= 11 is 0. The monoisotopic (exact) mass is 347 g/mol. The fourth-order valence-electron chi connectivity index (χ4n) is 2.26. The number of carbonyl (C=O) groups is 2. The molecule has 0 aromatic heterocycles. The van der Waals surface area contributed by atoms with Crippen molar-refractivity contribution < 1.29 is 23.1 Å². The zero-order chi connectivity index (χ0) is 18.4. The molecule has 0 fully saturated rings. The van der Waals surface area contributed by atoms with E-state index in [0.29, 0.717) is 5.56 Å². The molecule has 0 heterocycles. The van der Waals surface area contributed by atoms with Crippen molar-refractivity contribution in [3.63, 3.8) is 0 Å². The molecular formula is C19H19F2NO3. The van der Waals surface area contributed by atoms with Crippen molar-refractivity contribution in [2.24, 2.45) is 0 Å². The zero-order valence-corrected chi connectivity index (χ0v) is 14.1. The third-order valence-corrected chi connectivity index (χ3v) is 3.58. The summed E-state index contributed by atoms with van der Waals surface area (Å²) in [6, 6.07) is 8.36. The van der Waals surface area contributed by atoms with E-state index in [9.17, 15) is 18.4 Å². The molecule has 0 saturated carbocycles. The van der Waals surface area contributed by atoms with Crippen LogP contribution in [0.25, 0.3) is 0 Å². The number of halogens is 2. The van der Waals surface area contributed by atoms with E-state index in [1.807, 2.05) is 0 Å². The number of aryl methyl sites for hydroxylation is 1. The molecule has 2 aromatic carbocycles. The van der Waals surface area contributed by atoms with Crippen LogP contribution in [0.4, 0.5) is 8.78 Å². The van der Waals surface area contributed by atoms with Gasteiger partial charge in [0.2, 0.25) is 5.91 Å². The molecule has 0 aliphatic rings. The van der Waals surface area contributed by atoms with Crippen LogP contribution >= 0.6 is 0 Å². The smallest absolute Gasteiger partial charge is 0.216 e. The van der Waals surface area contributed by atoms with Crippen molar-refractivity contribution in [1.82, 2.24) is 5.32 Å². The number of nitrogens with one attached hydrogen (secondary N) is 1. The van der Waals surface area contributed by atoms with E-state index in [0.717, 1.165) is 5.56 Å². The first-order valence-corrected chi connectivity index (χ1v) is 7.82. The van der Waals surface area contributed by atoms with Crippen LogP contribution < -0.4 is 10.1 Å². The quantitative estimate of drug-likeness (QED) is 0.783. The van der Waals surface area contributed by atoms with Crippen molar-refractivity contribution in [2.75, 3.05) is 13.2 Å². The predicted molar refractivity (Wildman–Crippen MR) is 89.8 cm³/mol. The Bertz CT molecular complexity index is 790. The van der Waals surface area contributed by atoms with E-state index in [4.69, 9.17) is 4.74 Å². The summed E-state index contributed by atoms with van der Waals surface area (Å²) in [6.07, 6.45) is 0.264.